The molecule has 1 unspecified atom stereocenters. The van der Waals surface area contributed by atoms with E-state index in [1.54, 1.807) is 10.6 Å². The van der Waals surface area contributed by atoms with E-state index in [0.717, 1.165) is 33.3 Å². The molecule has 4 nitrogen and oxygen atoms in total. The molecule has 0 saturated heterocycles. The molecule has 0 spiro atoms. The summed E-state index contributed by atoms with van der Waals surface area (Å²) in [5.74, 6) is 0.00643. The molecule has 0 amide bonds. The van der Waals surface area contributed by atoms with E-state index < -0.39 is 0 Å². The van der Waals surface area contributed by atoms with Crippen LogP contribution in [0.2, 0.25) is 5.02 Å². The third-order valence-corrected chi connectivity index (χ3v) is 6.53. The predicted molar refractivity (Wildman–Crippen MR) is 135 cm³/mol. The molecule has 2 aromatic heterocycles. The fourth-order valence-electron chi connectivity index (χ4n) is 4.49. The van der Waals surface area contributed by atoms with Gasteiger partial charge in [-0.05, 0) is 53.4 Å². The van der Waals surface area contributed by atoms with Crippen molar-refractivity contribution in [1.29, 1.82) is 0 Å². The van der Waals surface area contributed by atoms with Gasteiger partial charge in [0.1, 0.15) is 0 Å². The van der Waals surface area contributed by atoms with Gasteiger partial charge in [0.05, 0.1) is 17.8 Å². The van der Waals surface area contributed by atoms with Crippen molar-refractivity contribution in [2.24, 2.45) is 14.1 Å². The first kappa shape index (κ1) is 21.2. The molecule has 5 heteroatoms. The van der Waals surface area contributed by atoms with Crippen LogP contribution in [0, 0.1) is 6.92 Å². The van der Waals surface area contributed by atoms with Crippen molar-refractivity contribution in [2.75, 3.05) is 0 Å². The van der Waals surface area contributed by atoms with Crippen molar-refractivity contribution in [2.45, 2.75) is 12.8 Å². The lowest BCUT2D eigenvalue weighted by Crippen LogP contribution is -2.16. The number of benzene rings is 3. The van der Waals surface area contributed by atoms with Gasteiger partial charge in [-0.3, -0.25) is 4.79 Å². The number of aryl methyl sites for hydroxylation is 3. The fourth-order valence-corrected chi connectivity index (χ4v) is 4.68. The lowest BCUT2D eigenvalue weighted by molar-refractivity contribution is 0.793. The molecule has 33 heavy (non-hydrogen) atoms. The van der Waals surface area contributed by atoms with Crippen molar-refractivity contribution in [3.8, 4) is 11.1 Å². The maximum Gasteiger partial charge on any atom is 0.251 e. The van der Waals surface area contributed by atoms with Gasteiger partial charge in [-0.25, -0.2) is 4.98 Å². The average molecular weight is 454 g/mol. The Bertz CT molecular complexity index is 1530. The number of halogens is 1. The fraction of sp³-hybridized carbons (Fsp3) is 0.143. The minimum Gasteiger partial charge on any atom is -0.337 e. The monoisotopic (exact) mass is 453 g/mol. The first-order valence-corrected chi connectivity index (χ1v) is 11.2. The second kappa shape index (κ2) is 8.38. The van der Waals surface area contributed by atoms with E-state index in [4.69, 9.17) is 11.6 Å². The number of rotatable bonds is 4. The highest BCUT2D eigenvalue weighted by atomic mass is 35.5. The summed E-state index contributed by atoms with van der Waals surface area (Å²) in [4.78, 5) is 17.1. The van der Waals surface area contributed by atoms with Crippen LogP contribution < -0.4 is 5.56 Å². The Morgan fingerprint density at radius 2 is 1.67 bits per heavy atom. The molecule has 164 valence electrons. The Morgan fingerprint density at radius 3 is 2.36 bits per heavy atom. The average Bonchev–Trinajstić information content (AvgIpc) is 3.23. The molecule has 0 N–H and O–H groups in total. The van der Waals surface area contributed by atoms with Crippen molar-refractivity contribution < 1.29 is 0 Å². The molecule has 5 rings (SSSR count). The normalized spacial score (nSPS) is 12.2. The minimum atomic E-state index is -0.0491. The Hall–Kier alpha value is -3.63. The van der Waals surface area contributed by atoms with Crippen molar-refractivity contribution >= 4 is 22.5 Å². The lowest BCUT2D eigenvalue weighted by atomic mass is 9.86. The maximum absolute atomic E-state index is 12.7. The second-order valence-corrected chi connectivity index (χ2v) is 8.95. The number of imidazole rings is 1. The summed E-state index contributed by atoms with van der Waals surface area (Å²) >= 11 is 6.28. The van der Waals surface area contributed by atoms with Crippen molar-refractivity contribution in [3.63, 3.8) is 0 Å². The molecular formula is C28H24ClN3O. The summed E-state index contributed by atoms with van der Waals surface area (Å²) in [6, 6.07) is 24.3. The first-order chi connectivity index (χ1) is 15.9. The van der Waals surface area contributed by atoms with Crippen LogP contribution in [0.1, 0.15) is 28.3 Å². The highest BCUT2D eigenvalue weighted by Crippen LogP contribution is 2.36. The highest BCUT2D eigenvalue weighted by Gasteiger charge is 2.21. The van der Waals surface area contributed by atoms with E-state index in [1.807, 2.05) is 57.0 Å². The van der Waals surface area contributed by atoms with E-state index in [1.165, 1.54) is 11.1 Å². The third kappa shape index (κ3) is 3.87. The molecule has 0 radical (unpaired) electrons. The van der Waals surface area contributed by atoms with Crippen LogP contribution in [0.15, 0.2) is 90.1 Å². The molecular weight excluding hydrogens is 430 g/mol. The summed E-state index contributed by atoms with van der Waals surface area (Å²) in [6.07, 6.45) is 3.76. The number of fused-ring (bicyclic) bond motifs is 1. The molecule has 2 heterocycles. The molecule has 0 saturated carbocycles. The van der Waals surface area contributed by atoms with Gasteiger partial charge < -0.3 is 9.13 Å². The van der Waals surface area contributed by atoms with Crippen LogP contribution in [0.5, 0.6) is 0 Å². The molecule has 0 aliphatic heterocycles. The van der Waals surface area contributed by atoms with Crippen LogP contribution in [0.3, 0.4) is 0 Å². The number of aromatic nitrogens is 3. The summed E-state index contributed by atoms with van der Waals surface area (Å²) in [5.41, 5.74) is 7.29. The largest absolute Gasteiger partial charge is 0.337 e. The number of hydrogen-bond donors (Lipinski definition) is 0. The topological polar surface area (TPSA) is 39.8 Å². The van der Waals surface area contributed by atoms with Crippen molar-refractivity contribution in [3.05, 3.63) is 123 Å². The quantitative estimate of drug-likeness (QED) is 0.331. The second-order valence-electron chi connectivity index (χ2n) is 8.52. The predicted octanol–water partition coefficient (Wildman–Crippen LogP) is 6.08. The summed E-state index contributed by atoms with van der Waals surface area (Å²) in [7, 11) is 3.83. The zero-order valence-electron chi connectivity index (χ0n) is 18.8. The Kier molecular flexibility index (Phi) is 5.39. The van der Waals surface area contributed by atoms with Crippen LogP contribution >= 0.6 is 11.6 Å². The van der Waals surface area contributed by atoms with Crippen LogP contribution in [0.4, 0.5) is 0 Å². The SMILES string of the molecule is Cc1ccc(C(c2ccc3c(c2)c(-c2cccc(Cl)c2)cc(=O)n3C)c2cncn2C)cc1. The van der Waals surface area contributed by atoms with Crippen LogP contribution in [-0.4, -0.2) is 14.1 Å². The molecule has 0 bridgehead atoms. The molecule has 0 fully saturated rings. The van der Waals surface area contributed by atoms with E-state index in [9.17, 15) is 4.79 Å². The molecule has 5 aromatic rings. The zero-order valence-corrected chi connectivity index (χ0v) is 19.5. The van der Waals surface area contributed by atoms with E-state index in [-0.39, 0.29) is 11.5 Å². The van der Waals surface area contributed by atoms with Gasteiger partial charge in [-0.15, -0.1) is 0 Å². The van der Waals surface area contributed by atoms with Gasteiger partial charge in [0.25, 0.3) is 5.56 Å². The van der Waals surface area contributed by atoms with Gasteiger partial charge in [-0.2, -0.15) is 0 Å². The number of hydrogen-bond acceptors (Lipinski definition) is 2. The zero-order chi connectivity index (χ0) is 23.1. The summed E-state index contributed by atoms with van der Waals surface area (Å²) < 4.78 is 3.76. The lowest BCUT2D eigenvalue weighted by Gasteiger charge is -2.21. The Morgan fingerprint density at radius 1 is 0.909 bits per heavy atom. The maximum atomic E-state index is 12.7. The minimum absolute atomic E-state index is 0.00643. The van der Waals surface area contributed by atoms with Gasteiger partial charge in [0.2, 0.25) is 0 Å². The first-order valence-electron chi connectivity index (χ1n) is 10.8. The smallest absolute Gasteiger partial charge is 0.251 e. The van der Waals surface area contributed by atoms with Gasteiger partial charge in [0, 0.05) is 42.5 Å². The van der Waals surface area contributed by atoms with E-state index in [2.05, 4.69) is 52.9 Å². The van der Waals surface area contributed by atoms with Gasteiger partial charge >= 0.3 is 0 Å². The van der Waals surface area contributed by atoms with Gasteiger partial charge in [-0.1, -0.05) is 59.6 Å². The highest BCUT2D eigenvalue weighted by molar-refractivity contribution is 6.30. The molecule has 0 aliphatic rings. The Labute approximate surface area is 197 Å². The number of pyridine rings is 1. The van der Waals surface area contributed by atoms with E-state index >= 15 is 0 Å². The van der Waals surface area contributed by atoms with Crippen LogP contribution in [0.25, 0.3) is 22.0 Å². The third-order valence-electron chi connectivity index (χ3n) is 6.30. The Balaban J connectivity index is 1.79. The summed E-state index contributed by atoms with van der Waals surface area (Å²) in [6.45, 7) is 2.09. The molecule has 3 aromatic carbocycles. The number of nitrogens with zero attached hydrogens (tertiary/aromatic N) is 3. The molecule has 0 aliphatic carbocycles. The standard InChI is InChI=1S/C28H24ClN3O/c1-18-7-9-19(10-8-18)28(26-16-30-17-31(26)2)21-11-12-25-24(14-21)23(15-27(33)32(25)3)20-5-4-6-22(29)13-20/h4-17,28H,1-3H3. The van der Waals surface area contributed by atoms with Crippen molar-refractivity contribution in [1.82, 2.24) is 14.1 Å². The molecule has 1 atom stereocenters. The summed E-state index contributed by atoms with van der Waals surface area (Å²) in [5, 5.41) is 1.65. The van der Waals surface area contributed by atoms with E-state index in [0.29, 0.717) is 5.02 Å². The van der Waals surface area contributed by atoms with Gasteiger partial charge in [0.15, 0.2) is 0 Å². The van der Waals surface area contributed by atoms with Crippen LogP contribution in [-0.2, 0) is 14.1 Å².